The van der Waals surface area contributed by atoms with Crippen LogP contribution < -0.4 is 5.73 Å². The van der Waals surface area contributed by atoms with Crippen LogP contribution in [0.1, 0.15) is 19.4 Å². The van der Waals surface area contributed by atoms with Gasteiger partial charge in [0, 0.05) is 5.70 Å². The first kappa shape index (κ1) is 9.52. The van der Waals surface area contributed by atoms with Crippen molar-refractivity contribution in [2.75, 3.05) is 0 Å². The Labute approximate surface area is 78.6 Å². The summed E-state index contributed by atoms with van der Waals surface area (Å²) in [6.07, 6.45) is 0. The minimum atomic E-state index is 0.501. The largest absolute Gasteiger partial charge is 0.402 e. The van der Waals surface area contributed by atoms with E-state index in [0.29, 0.717) is 11.4 Å². The summed E-state index contributed by atoms with van der Waals surface area (Å²) in [4.78, 5) is 0. The Balaban J connectivity index is 3.00. The van der Waals surface area contributed by atoms with E-state index in [0.717, 1.165) is 11.1 Å². The lowest BCUT2D eigenvalue weighted by Crippen LogP contribution is -2.06. The first-order valence-electron chi connectivity index (χ1n) is 4.20. The highest BCUT2D eigenvalue weighted by atomic mass is 14.6. The summed E-state index contributed by atoms with van der Waals surface area (Å²) >= 11 is 0. The molecule has 0 aliphatic carbocycles. The highest BCUT2D eigenvalue weighted by molar-refractivity contribution is 6.10. The van der Waals surface area contributed by atoms with Crippen LogP contribution in [0, 0.1) is 5.41 Å². The lowest BCUT2D eigenvalue weighted by molar-refractivity contribution is 1.24. The number of hydrogen-bond donors (Lipinski definition) is 2. The van der Waals surface area contributed by atoms with Gasteiger partial charge in [-0.25, -0.2) is 0 Å². The SMILES string of the molecule is C/C(N)=C(\C)C(=N)c1ccccc1. The summed E-state index contributed by atoms with van der Waals surface area (Å²) in [5.41, 5.74) is 8.56. The minimum absolute atomic E-state index is 0.501. The highest BCUT2D eigenvalue weighted by Gasteiger charge is 2.03. The molecule has 2 nitrogen and oxygen atoms in total. The second kappa shape index (κ2) is 3.90. The van der Waals surface area contributed by atoms with Gasteiger partial charge in [-0.15, -0.1) is 0 Å². The summed E-state index contributed by atoms with van der Waals surface area (Å²) in [6.45, 7) is 3.68. The molecule has 1 rings (SSSR count). The van der Waals surface area contributed by atoms with Crippen molar-refractivity contribution in [2.45, 2.75) is 13.8 Å². The molecule has 3 N–H and O–H groups in total. The zero-order valence-corrected chi connectivity index (χ0v) is 7.96. The first-order chi connectivity index (χ1) is 6.13. The molecule has 0 aliphatic heterocycles. The summed E-state index contributed by atoms with van der Waals surface area (Å²) in [5.74, 6) is 0. The molecule has 0 radical (unpaired) electrons. The van der Waals surface area contributed by atoms with Crippen molar-refractivity contribution in [3.05, 3.63) is 47.2 Å². The predicted octanol–water partition coefficient (Wildman–Crippen LogP) is 2.31. The van der Waals surface area contributed by atoms with Gasteiger partial charge in [0.2, 0.25) is 0 Å². The van der Waals surface area contributed by atoms with E-state index >= 15 is 0 Å². The normalized spacial score (nSPS) is 12.2. The number of nitrogens with one attached hydrogen (secondary N) is 1. The second-order valence-corrected chi connectivity index (χ2v) is 3.05. The van der Waals surface area contributed by atoms with Gasteiger partial charge in [-0.2, -0.15) is 0 Å². The number of allylic oxidation sites excluding steroid dienone is 2. The summed E-state index contributed by atoms with van der Waals surface area (Å²) in [7, 11) is 0. The third-order valence-corrected chi connectivity index (χ3v) is 2.03. The van der Waals surface area contributed by atoms with Crippen LogP contribution in [-0.2, 0) is 0 Å². The van der Waals surface area contributed by atoms with Gasteiger partial charge in [0.15, 0.2) is 0 Å². The van der Waals surface area contributed by atoms with Crippen molar-refractivity contribution in [1.82, 2.24) is 0 Å². The lowest BCUT2D eigenvalue weighted by atomic mass is 10.0. The van der Waals surface area contributed by atoms with E-state index in [-0.39, 0.29) is 0 Å². The van der Waals surface area contributed by atoms with Crippen molar-refractivity contribution in [2.24, 2.45) is 5.73 Å². The molecule has 0 unspecified atom stereocenters. The molecule has 1 aromatic carbocycles. The maximum absolute atomic E-state index is 7.83. The topological polar surface area (TPSA) is 49.9 Å². The van der Waals surface area contributed by atoms with Gasteiger partial charge in [-0.1, -0.05) is 30.3 Å². The molecule has 0 aliphatic rings. The van der Waals surface area contributed by atoms with Crippen LogP contribution in [-0.4, -0.2) is 5.71 Å². The monoisotopic (exact) mass is 174 g/mol. The predicted molar refractivity (Wildman–Crippen MR) is 55.8 cm³/mol. The van der Waals surface area contributed by atoms with Gasteiger partial charge in [-0.05, 0) is 25.0 Å². The fourth-order valence-electron chi connectivity index (χ4n) is 1.02. The number of hydrogen-bond acceptors (Lipinski definition) is 2. The average Bonchev–Trinajstić information content (AvgIpc) is 2.17. The third kappa shape index (κ3) is 2.18. The summed E-state index contributed by atoms with van der Waals surface area (Å²) in [6, 6.07) is 9.60. The molecule has 0 aromatic heterocycles. The molecular weight excluding hydrogens is 160 g/mol. The van der Waals surface area contributed by atoms with Crippen molar-refractivity contribution >= 4 is 5.71 Å². The Bertz CT molecular complexity index is 332. The first-order valence-corrected chi connectivity index (χ1v) is 4.20. The Kier molecular flexibility index (Phi) is 2.85. The van der Waals surface area contributed by atoms with Crippen molar-refractivity contribution in [3.8, 4) is 0 Å². The molecule has 0 saturated carbocycles. The molecule has 0 fully saturated rings. The standard InChI is InChI=1S/C11H14N2/c1-8(9(2)12)11(13)10-6-4-3-5-7-10/h3-7,13H,12H2,1-2H3/b9-8-,13-11?. The second-order valence-electron chi connectivity index (χ2n) is 3.05. The maximum atomic E-state index is 7.83. The van der Waals surface area contributed by atoms with E-state index in [1.54, 1.807) is 0 Å². The smallest absolute Gasteiger partial charge is 0.0658 e. The lowest BCUT2D eigenvalue weighted by Gasteiger charge is -2.05. The van der Waals surface area contributed by atoms with Crippen LogP contribution in [0.25, 0.3) is 0 Å². The van der Waals surface area contributed by atoms with E-state index in [2.05, 4.69) is 0 Å². The number of rotatable bonds is 2. The van der Waals surface area contributed by atoms with Crippen LogP contribution in [0.2, 0.25) is 0 Å². The Morgan fingerprint density at radius 3 is 2.15 bits per heavy atom. The molecule has 0 spiro atoms. The van der Waals surface area contributed by atoms with E-state index in [1.807, 2.05) is 44.2 Å². The van der Waals surface area contributed by atoms with Crippen molar-refractivity contribution in [3.63, 3.8) is 0 Å². The molecule has 0 amide bonds. The van der Waals surface area contributed by atoms with Gasteiger partial charge in [0.05, 0.1) is 5.71 Å². The maximum Gasteiger partial charge on any atom is 0.0658 e. The fourth-order valence-corrected chi connectivity index (χ4v) is 1.02. The molecule has 0 atom stereocenters. The van der Waals surface area contributed by atoms with E-state index in [4.69, 9.17) is 11.1 Å². The molecule has 0 saturated heterocycles. The van der Waals surface area contributed by atoms with Gasteiger partial charge in [0.25, 0.3) is 0 Å². The van der Waals surface area contributed by atoms with Crippen LogP contribution in [0.15, 0.2) is 41.6 Å². The molecule has 0 bridgehead atoms. The van der Waals surface area contributed by atoms with Crippen molar-refractivity contribution in [1.29, 1.82) is 5.41 Å². The summed E-state index contributed by atoms with van der Waals surface area (Å²) < 4.78 is 0. The van der Waals surface area contributed by atoms with Gasteiger partial charge >= 0.3 is 0 Å². The molecule has 13 heavy (non-hydrogen) atoms. The van der Waals surface area contributed by atoms with E-state index in [9.17, 15) is 0 Å². The van der Waals surface area contributed by atoms with E-state index in [1.165, 1.54) is 0 Å². The molecule has 1 aromatic rings. The zero-order valence-electron chi connectivity index (χ0n) is 7.96. The van der Waals surface area contributed by atoms with Gasteiger partial charge < -0.3 is 5.73 Å². The third-order valence-electron chi connectivity index (χ3n) is 2.03. The van der Waals surface area contributed by atoms with Crippen LogP contribution in [0.4, 0.5) is 0 Å². The highest BCUT2D eigenvalue weighted by Crippen LogP contribution is 2.08. The van der Waals surface area contributed by atoms with E-state index < -0.39 is 0 Å². The van der Waals surface area contributed by atoms with Gasteiger partial charge in [-0.3, -0.25) is 5.41 Å². The van der Waals surface area contributed by atoms with Crippen LogP contribution >= 0.6 is 0 Å². The minimum Gasteiger partial charge on any atom is -0.402 e. The average molecular weight is 174 g/mol. The summed E-state index contributed by atoms with van der Waals surface area (Å²) in [5, 5.41) is 7.83. The van der Waals surface area contributed by atoms with Gasteiger partial charge in [0.1, 0.15) is 0 Å². The Hall–Kier alpha value is -1.57. The quantitative estimate of drug-likeness (QED) is 0.664. The van der Waals surface area contributed by atoms with Crippen LogP contribution in [0.5, 0.6) is 0 Å². The molecular formula is C11H14N2. The number of nitrogens with two attached hydrogens (primary N) is 1. The molecule has 68 valence electrons. The Morgan fingerprint density at radius 2 is 1.69 bits per heavy atom. The van der Waals surface area contributed by atoms with Crippen LogP contribution in [0.3, 0.4) is 0 Å². The zero-order chi connectivity index (χ0) is 9.84. The molecule has 0 heterocycles. The molecule has 2 heteroatoms. The Morgan fingerprint density at radius 1 is 1.15 bits per heavy atom. The van der Waals surface area contributed by atoms with Crippen molar-refractivity contribution < 1.29 is 0 Å². The number of benzene rings is 1. The fraction of sp³-hybridized carbons (Fsp3) is 0.182.